The molecule has 0 radical (unpaired) electrons. The van der Waals surface area contributed by atoms with Crippen molar-refractivity contribution >= 4 is 11.6 Å². The molecule has 0 aliphatic rings. The highest BCUT2D eigenvalue weighted by Crippen LogP contribution is 2.15. The van der Waals surface area contributed by atoms with Crippen LogP contribution in [0.1, 0.15) is 26.2 Å². The highest BCUT2D eigenvalue weighted by atomic mass is 19.1. The van der Waals surface area contributed by atoms with Crippen molar-refractivity contribution in [3.63, 3.8) is 0 Å². The van der Waals surface area contributed by atoms with E-state index in [0.29, 0.717) is 12.1 Å². The molecular weight excluding hydrogens is 207 g/mol. The van der Waals surface area contributed by atoms with Crippen molar-refractivity contribution in [3.8, 4) is 0 Å². The van der Waals surface area contributed by atoms with Gasteiger partial charge in [0.1, 0.15) is 11.9 Å². The predicted molar refractivity (Wildman–Crippen MR) is 62.5 cm³/mol. The number of nitrogens with one attached hydrogen (secondary N) is 1. The van der Waals surface area contributed by atoms with Gasteiger partial charge >= 0.3 is 0 Å². The van der Waals surface area contributed by atoms with Gasteiger partial charge < -0.3 is 11.1 Å². The van der Waals surface area contributed by atoms with Crippen molar-refractivity contribution in [1.29, 1.82) is 0 Å². The number of para-hydroxylation sites is 1. The van der Waals surface area contributed by atoms with Crippen LogP contribution in [-0.4, -0.2) is 11.9 Å². The highest BCUT2D eigenvalue weighted by molar-refractivity contribution is 5.82. The van der Waals surface area contributed by atoms with Crippen molar-refractivity contribution in [2.24, 2.45) is 5.73 Å². The molecule has 0 aliphatic heterocycles. The van der Waals surface area contributed by atoms with E-state index >= 15 is 0 Å². The number of anilines is 1. The van der Waals surface area contributed by atoms with Gasteiger partial charge in [-0.15, -0.1) is 0 Å². The van der Waals surface area contributed by atoms with E-state index < -0.39 is 11.9 Å². The molecule has 3 nitrogen and oxygen atoms in total. The van der Waals surface area contributed by atoms with Crippen molar-refractivity contribution in [1.82, 2.24) is 0 Å². The van der Waals surface area contributed by atoms with Crippen LogP contribution in [0.3, 0.4) is 0 Å². The Kier molecular flexibility index (Phi) is 4.76. The third kappa shape index (κ3) is 3.53. The summed E-state index contributed by atoms with van der Waals surface area (Å²) in [5.41, 5.74) is 5.57. The average molecular weight is 224 g/mol. The number of halogens is 1. The fraction of sp³-hybridized carbons (Fsp3) is 0.417. The van der Waals surface area contributed by atoms with Gasteiger partial charge in [-0.05, 0) is 18.6 Å². The second-order valence-corrected chi connectivity index (χ2v) is 3.72. The normalized spacial score (nSPS) is 12.1. The van der Waals surface area contributed by atoms with E-state index in [0.717, 1.165) is 12.8 Å². The summed E-state index contributed by atoms with van der Waals surface area (Å²) in [4.78, 5) is 11.2. The average Bonchev–Trinajstić information content (AvgIpc) is 2.26. The second kappa shape index (κ2) is 6.10. The number of nitrogens with two attached hydrogens (primary N) is 1. The molecule has 88 valence electrons. The monoisotopic (exact) mass is 224 g/mol. The number of rotatable bonds is 6. The Labute approximate surface area is 94.8 Å². The van der Waals surface area contributed by atoms with E-state index in [4.69, 9.17) is 5.73 Å². The number of carbonyl (C=O) groups excluding carboxylic acids is 1. The van der Waals surface area contributed by atoms with E-state index in [1.165, 1.54) is 6.07 Å². The van der Waals surface area contributed by atoms with Crippen molar-refractivity contribution in [3.05, 3.63) is 30.1 Å². The molecule has 0 fully saturated rings. The summed E-state index contributed by atoms with van der Waals surface area (Å²) in [7, 11) is 0. The van der Waals surface area contributed by atoms with Crippen LogP contribution in [0.15, 0.2) is 24.3 Å². The number of amides is 1. The van der Waals surface area contributed by atoms with Crippen molar-refractivity contribution in [2.45, 2.75) is 32.2 Å². The molecule has 0 saturated carbocycles. The zero-order valence-corrected chi connectivity index (χ0v) is 9.37. The summed E-state index contributed by atoms with van der Waals surface area (Å²) >= 11 is 0. The van der Waals surface area contributed by atoms with E-state index in [2.05, 4.69) is 5.32 Å². The largest absolute Gasteiger partial charge is 0.371 e. The molecule has 1 aromatic rings. The van der Waals surface area contributed by atoms with Gasteiger partial charge in [-0.3, -0.25) is 4.79 Å². The lowest BCUT2D eigenvalue weighted by Crippen LogP contribution is -2.35. The standard InChI is InChI=1S/C12H17FN2O/c1-2-3-7-11(12(14)16)15-10-8-5-4-6-9(10)13/h4-6,8,11,15H,2-3,7H2,1H3,(H2,14,16). The predicted octanol–water partition coefficient (Wildman–Crippen LogP) is 2.28. The molecule has 0 saturated heterocycles. The first-order chi connectivity index (χ1) is 7.65. The number of primary amides is 1. The summed E-state index contributed by atoms with van der Waals surface area (Å²) in [6.07, 6.45) is 2.48. The molecular formula is C12H17FN2O. The zero-order chi connectivity index (χ0) is 12.0. The van der Waals surface area contributed by atoms with Gasteiger partial charge in [-0.25, -0.2) is 4.39 Å². The Balaban J connectivity index is 2.68. The van der Waals surface area contributed by atoms with Crippen LogP contribution in [0.25, 0.3) is 0 Å². The Hall–Kier alpha value is -1.58. The van der Waals surface area contributed by atoms with Gasteiger partial charge in [0, 0.05) is 0 Å². The number of carbonyl (C=O) groups is 1. The van der Waals surface area contributed by atoms with Crippen LogP contribution in [-0.2, 0) is 4.79 Å². The van der Waals surface area contributed by atoms with E-state index in [1.807, 2.05) is 6.92 Å². The topological polar surface area (TPSA) is 55.1 Å². The van der Waals surface area contributed by atoms with Crippen LogP contribution < -0.4 is 11.1 Å². The first kappa shape index (κ1) is 12.5. The fourth-order valence-corrected chi connectivity index (χ4v) is 1.46. The lowest BCUT2D eigenvalue weighted by molar-refractivity contribution is -0.118. The summed E-state index contributed by atoms with van der Waals surface area (Å²) < 4.78 is 13.3. The van der Waals surface area contributed by atoms with Gasteiger partial charge in [0.05, 0.1) is 5.69 Å². The minimum Gasteiger partial charge on any atom is -0.371 e. The van der Waals surface area contributed by atoms with Crippen LogP contribution in [0.2, 0.25) is 0 Å². The van der Waals surface area contributed by atoms with Gasteiger partial charge in [-0.2, -0.15) is 0 Å². The van der Waals surface area contributed by atoms with E-state index in [9.17, 15) is 9.18 Å². The minimum absolute atomic E-state index is 0.322. The highest BCUT2D eigenvalue weighted by Gasteiger charge is 2.15. The first-order valence-corrected chi connectivity index (χ1v) is 5.45. The molecule has 1 atom stereocenters. The fourth-order valence-electron chi connectivity index (χ4n) is 1.46. The molecule has 0 spiro atoms. The minimum atomic E-state index is -0.503. The molecule has 1 rings (SSSR count). The zero-order valence-electron chi connectivity index (χ0n) is 9.37. The number of hydrogen-bond donors (Lipinski definition) is 2. The van der Waals surface area contributed by atoms with Crippen LogP contribution in [0.4, 0.5) is 10.1 Å². The first-order valence-electron chi connectivity index (χ1n) is 5.45. The number of hydrogen-bond acceptors (Lipinski definition) is 2. The quantitative estimate of drug-likeness (QED) is 0.778. The molecule has 16 heavy (non-hydrogen) atoms. The third-order valence-electron chi connectivity index (χ3n) is 2.39. The summed E-state index contributed by atoms with van der Waals surface area (Å²) in [6.45, 7) is 2.03. The lowest BCUT2D eigenvalue weighted by Gasteiger charge is -2.16. The molecule has 3 N–H and O–H groups in total. The molecule has 0 heterocycles. The Morgan fingerprint density at radius 2 is 2.19 bits per heavy atom. The van der Waals surface area contributed by atoms with Gasteiger partial charge in [0.2, 0.25) is 5.91 Å². The summed E-state index contributed by atoms with van der Waals surface area (Å²) in [6, 6.07) is 5.75. The van der Waals surface area contributed by atoms with Gasteiger partial charge in [0.25, 0.3) is 0 Å². The third-order valence-corrected chi connectivity index (χ3v) is 2.39. The molecule has 0 aromatic heterocycles. The van der Waals surface area contributed by atoms with Crippen molar-refractivity contribution < 1.29 is 9.18 Å². The van der Waals surface area contributed by atoms with Crippen LogP contribution in [0.5, 0.6) is 0 Å². The maximum atomic E-state index is 13.3. The molecule has 4 heteroatoms. The Morgan fingerprint density at radius 1 is 1.50 bits per heavy atom. The SMILES string of the molecule is CCCCC(Nc1ccccc1F)C(N)=O. The molecule has 0 bridgehead atoms. The van der Waals surface area contributed by atoms with Crippen LogP contribution >= 0.6 is 0 Å². The maximum Gasteiger partial charge on any atom is 0.239 e. The number of unbranched alkanes of at least 4 members (excludes halogenated alkanes) is 1. The Bertz CT molecular complexity index is 355. The number of benzene rings is 1. The van der Waals surface area contributed by atoms with Gasteiger partial charge in [-0.1, -0.05) is 31.9 Å². The van der Waals surface area contributed by atoms with Gasteiger partial charge in [0.15, 0.2) is 0 Å². The molecule has 1 unspecified atom stereocenters. The summed E-state index contributed by atoms with van der Waals surface area (Å²) in [5, 5.41) is 2.83. The Morgan fingerprint density at radius 3 is 2.75 bits per heavy atom. The molecule has 0 aliphatic carbocycles. The molecule has 1 aromatic carbocycles. The molecule has 1 amide bonds. The summed E-state index contributed by atoms with van der Waals surface area (Å²) in [5.74, 6) is -0.818. The van der Waals surface area contributed by atoms with E-state index in [-0.39, 0.29) is 5.82 Å². The van der Waals surface area contributed by atoms with E-state index in [1.54, 1.807) is 18.2 Å². The van der Waals surface area contributed by atoms with Crippen LogP contribution in [0, 0.1) is 5.82 Å². The smallest absolute Gasteiger partial charge is 0.239 e. The maximum absolute atomic E-state index is 13.3. The van der Waals surface area contributed by atoms with Crippen molar-refractivity contribution in [2.75, 3.05) is 5.32 Å². The second-order valence-electron chi connectivity index (χ2n) is 3.72. The lowest BCUT2D eigenvalue weighted by atomic mass is 10.1.